The minimum Gasteiger partial charge on any atom is -0.493 e. The van der Waals surface area contributed by atoms with Crippen molar-refractivity contribution in [2.45, 2.75) is 45.1 Å². The van der Waals surface area contributed by atoms with Crippen LogP contribution in [-0.4, -0.2) is 45.3 Å². The van der Waals surface area contributed by atoms with E-state index < -0.39 is 0 Å². The molecule has 0 radical (unpaired) electrons. The van der Waals surface area contributed by atoms with Crippen LogP contribution >= 0.6 is 0 Å². The molecule has 1 amide bonds. The van der Waals surface area contributed by atoms with Gasteiger partial charge in [-0.2, -0.15) is 0 Å². The van der Waals surface area contributed by atoms with Crippen molar-refractivity contribution in [2.24, 2.45) is 4.99 Å². The van der Waals surface area contributed by atoms with Crippen LogP contribution in [0.25, 0.3) is 0 Å². The van der Waals surface area contributed by atoms with E-state index in [1.54, 1.807) is 26.4 Å². The molecule has 1 atom stereocenters. The number of ether oxygens (including phenoxy) is 3. The molecule has 2 aromatic carbocycles. The summed E-state index contributed by atoms with van der Waals surface area (Å²) < 4.78 is 16.3. The van der Waals surface area contributed by atoms with Gasteiger partial charge in [-0.25, -0.2) is 4.99 Å². The van der Waals surface area contributed by atoms with Crippen LogP contribution in [0.15, 0.2) is 47.5 Å². The Labute approximate surface area is 190 Å². The van der Waals surface area contributed by atoms with Gasteiger partial charge in [0, 0.05) is 23.9 Å². The van der Waals surface area contributed by atoms with Crippen molar-refractivity contribution in [1.82, 2.24) is 5.32 Å². The van der Waals surface area contributed by atoms with Crippen LogP contribution in [0.3, 0.4) is 0 Å². The van der Waals surface area contributed by atoms with E-state index >= 15 is 0 Å². The second kappa shape index (κ2) is 10.5. The van der Waals surface area contributed by atoms with Crippen molar-refractivity contribution in [1.29, 1.82) is 0 Å². The molecule has 0 spiro atoms. The molecule has 0 unspecified atom stereocenters. The van der Waals surface area contributed by atoms with Crippen molar-refractivity contribution >= 4 is 17.6 Å². The Kier molecular flexibility index (Phi) is 7.75. The Bertz CT molecular complexity index is 943. The SMILES string of the molecule is COc1ccc(NC(=NC[C@H]2CCCO2)NC(=O)c2ccc(C(C)(C)C)cc2)cc1OC. The second-order valence-corrected chi connectivity index (χ2v) is 8.80. The topological polar surface area (TPSA) is 81.2 Å². The molecule has 7 heteroatoms. The molecule has 0 aromatic heterocycles. The predicted octanol–water partition coefficient (Wildman–Crippen LogP) is 4.38. The van der Waals surface area contributed by atoms with Gasteiger partial charge in [-0.15, -0.1) is 0 Å². The van der Waals surface area contributed by atoms with Gasteiger partial charge in [-0.05, 0) is 48.1 Å². The Morgan fingerprint density at radius 1 is 1.09 bits per heavy atom. The smallest absolute Gasteiger partial charge is 0.257 e. The summed E-state index contributed by atoms with van der Waals surface area (Å²) in [6, 6.07) is 13.1. The fourth-order valence-electron chi connectivity index (χ4n) is 3.44. The molecule has 7 nitrogen and oxygen atoms in total. The lowest BCUT2D eigenvalue weighted by Gasteiger charge is -2.19. The Morgan fingerprint density at radius 2 is 1.81 bits per heavy atom. The highest BCUT2D eigenvalue weighted by atomic mass is 16.5. The van der Waals surface area contributed by atoms with Crippen LogP contribution in [0, 0.1) is 0 Å². The summed E-state index contributed by atoms with van der Waals surface area (Å²) in [4.78, 5) is 17.5. The maximum absolute atomic E-state index is 12.9. The van der Waals surface area contributed by atoms with E-state index in [0.717, 1.165) is 25.1 Å². The van der Waals surface area contributed by atoms with E-state index in [1.807, 2.05) is 30.3 Å². The average molecular weight is 440 g/mol. The molecule has 2 N–H and O–H groups in total. The summed E-state index contributed by atoms with van der Waals surface area (Å²) in [7, 11) is 3.17. The largest absolute Gasteiger partial charge is 0.493 e. The zero-order chi connectivity index (χ0) is 23.1. The molecule has 32 heavy (non-hydrogen) atoms. The van der Waals surface area contributed by atoms with E-state index in [4.69, 9.17) is 14.2 Å². The van der Waals surface area contributed by atoms with Crippen molar-refractivity contribution in [3.8, 4) is 11.5 Å². The average Bonchev–Trinajstić information content (AvgIpc) is 3.30. The summed E-state index contributed by atoms with van der Waals surface area (Å²) in [6.07, 6.45) is 2.07. The van der Waals surface area contributed by atoms with E-state index in [2.05, 4.69) is 36.4 Å². The monoisotopic (exact) mass is 439 g/mol. The van der Waals surface area contributed by atoms with Gasteiger partial charge >= 0.3 is 0 Å². The normalized spacial score (nSPS) is 16.5. The molecular formula is C25H33N3O4. The number of aliphatic imine (C=N–C) groups is 1. The number of amides is 1. The number of hydrogen-bond donors (Lipinski definition) is 2. The highest BCUT2D eigenvalue weighted by Gasteiger charge is 2.18. The van der Waals surface area contributed by atoms with Gasteiger partial charge in [-0.1, -0.05) is 32.9 Å². The molecule has 1 aliphatic rings. The number of carbonyl (C=O) groups excluding carboxylic acids is 1. The minimum atomic E-state index is -0.232. The molecule has 1 saturated heterocycles. The fraction of sp³-hybridized carbons (Fsp3) is 0.440. The molecular weight excluding hydrogens is 406 g/mol. The van der Waals surface area contributed by atoms with Crippen LogP contribution in [0.4, 0.5) is 5.69 Å². The summed E-state index contributed by atoms with van der Waals surface area (Å²) in [5.74, 6) is 1.33. The first-order valence-electron chi connectivity index (χ1n) is 10.9. The van der Waals surface area contributed by atoms with Crippen molar-refractivity contribution in [3.05, 3.63) is 53.6 Å². The van der Waals surface area contributed by atoms with E-state index in [0.29, 0.717) is 29.6 Å². The summed E-state index contributed by atoms with van der Waals surface area (Å²) >= 11 is 0. The number of guanidine groups is 1. The molecule has 0 saturated carbocycles. The molecule has 172 valence electrons. The third-order valence-electron chi connectivity index (χ3n) is 5.37. The summed E-state index contributed by atoms with van der Waals surface area (Å²) in [5.41, 5.74) is 2.48. The molecule has 2 aromatic rings. The predicted molar refractivity (Wildman–Crippen MR) is 127 cm³/mol. The number of anilines is 1. The van der Waals surface area contributed by atoms with Crippen molar-refractivity contribution in [2.75, 3.05) is 32.7 Å². The van der Waals surface area contributed by atoms with Crippen LogP contribution < -0.4 is 20.1 Å². The zero-order valence-corrected chi connectivity index (χ0v) is 19.5. The lowest BCUT2D eigenvalue weighted by atomic mass is 9.87. The second-order valence-electron chi connectivity index (χ2n) is 8.80. The first-order valence-corrected chi connectivity index (χ1v) is 10.9. The lowest BCUT2D eigenvalue weighted by molar-refractivity contribution is 0.0975. The summed E-state index contributed by atoms with van der Waals surface area (Å²) in [6.45, 7) is 7.66. The molecule has 1 fully saturated rings. The van der Waals surface area contributed by atoms with Crippen LogP contribution in [0.1, 0.15) is 49.5 Å². The number of nitrogens with zero attached hydrogens (tertiary/aromatic N) is 1. The maximum atomic E-state index is 12.9. The quantitative estimate of drug-likeness (QED) is 0.516. The first-order chi connectivity index (χ1) is 15.3. The van der Waals surface area contributed by atoms with Gasteiger partial charge in [0.05, 0.1) is 26.9 Å². The summed E-state index contributed by atoms with van der Waals surface area (Å²) in [5, 5.41) is 6.09. The third-order valence-corrected chi connectivity index (χ3v) is 5.37. The molecule has 1 heterocycles. The van der Waals surface area contributed by atoms with E-state index in [1.165, 1.54) is 5.56 Å². The van der Waals surface area contributed by atoms with Gasteiger partial charge in [0.15, 0.2) is 11.5 Å². The van der Waals surface area contributed by atoms with Gasteiger partial charge < -0.3 is 19.5 Å². The fourth-order valence-corrected chi connectivity index (χ4v) is 3.44. The lowest BCUT2D eigenvalue weighted by Crippen LogP contribution is -2.36. The molecule has 0 aliphatic carbocycles. The Balaban J connectivity index is 1.78. The number of benzene rings is 2. The molecule has 3 rings (SSSR count). The van der Waals surface area contributed by atoms with Gasteiger partial charge in [0.1, 0.15) is 0 Å². The van der Waals surface area contributed by atoms with Crippen molar-refractivity contribution in [3.63, 3.8) is 0 Å². The maximum Gasteiger partial charge on any atom is 0.257 e. The van der Waals surface area contributed by atoms with Crippen molar-refractivity contribution < 1.29 is 19.0 Å². The standard InChI is InChI=1S/C25H33N3O4/c1-25(2,3)18-10-8-17(9-11-18)23(29)28-24(26-16-20-7-6-14-32-20)27-19-12-13-21(30-4)22(15-19)31-5/h8-13,15,20H,6-7,14,16H2,1-5H3,(H2,26,27,28,29)/t20-/m1/s1. The van der Waals surface area contributed by atoms with E-state index in [-0.39, 0.29) is 17.4 Å². The van der Waals surface area contributed by atoms with Crippen LogP contribution in [0.2, 0.25) is 0 Å². The molecule has 1 aliphatic heterocycles. The minimum absolute atomic E-state index is 0.0257. The number of nitrogens with one attached hydrogen (secondary N) is 2. The highest BCUT2D eigenvalue weighted by Crippen LogP contribution is 2.29. The van der Waals surface area contributed by atoms with Crippen LogP contribution in [-0.2, 0) is 10.2 Å². The first kappa shape index (κ1) is 23.6. The Morgan fingerprint density at radius 3 is 2.41 bits per heavy atom. The zero-order valence-electron chi connectivity index (χ0n) is 19.5. The van der Waals surface area contributed by atoms with E-state index in [9.17, 15) is 4.79 Å². The number of methoxy groups -OCH3 is 2. The molecule has 0 bridgehead atoms. The van der Waals surface area contributed by atoms with Gasteiger partial charge in [0.25, 0.3) is 5.91 Å². The highest BCUT2D eigenvalue weighted by molar-refractivity contribution is 6.10. The van der Waals surface area contributed by atoms with Crippen LogP contribution in [0.5, 0.6) is 11.5 Å². The Hall–Kier alpha value is -3.06. The van der Waals surface area contributed by atoms with Gasteiger partial charge in [0.2, 0.25) is 5.96 Å². The van der Waals surface area contributed by atoms with Gasteiger partial charge in [-0.3, -0.25) is 10.1 Å². The number of rotatable bonds is 6. The third kappa shape index (κ3) is 6.23. The number of carbonyl (C=O) groups is 1. The number of hydrogen-bond acceptors (Lipinski definition) is 5.